The van der Waals surface area contributed by atoms with Crippen LogP contribution in [0.25, 0.3) is 0 Å². The Morgan fingerprint density at radius 1 is 0.319 bits per heavy atom. The monoisotopic (exact) mass is 1340 g/mol. The van der Waals surface area contributed by atoms with Gasteiger partial charge in [0.15, 0.2) is 12.2 Å². The van der Waals surface area contributed by atoms with Gasteiger partial charge in [0, 0.05) is 25.7 Å². The van der Waals surface area contributed by atoms with Crippen LogP contribution < -0.4 is 0 Å². The minimum atomic E-state index is -4.95. The van der Waals surface area contributed by atoms with Crippen molar-refractivity contribution < 1.29 is 80.2 Å². The van der Waals surface area contributed by atoms with Gasteiger partial charge in [-0.25, -0.2) is 9.13 Å². The third-order valence-electron chi connectivity index (χ3n) is 17.0. The molecule has 0 rings (SSSR count). The first-order valence-corrected chi connectivity index (χ1v) is 40.4. The Balaban J connectivity index is 5.13. The Hall–Kier alpha value is -1.94. The number of carbonyl (C=O) groups excluding carboxylic acids is 4. The van der Waals surface area contributed by atoms with Crippen LogP contribution in [0.4, 0.5) is 0 Å². The van der Waals surface area contributed by atoms with Gasteiger partial charge in [-0.1, -0.05) is 312 Å². The van der Waals surface area contributed by atoms with E-state index >= 15 is 0 Å². The number of esters is 4. The van der Waals surface area contributed by atoms with E-state index in [0.29, 0.717) is 31.6 Å². The van der Waals surface area contributed by atoms with Crippen molar-refractivity contribution in [3.8, 4) is 0 Å². The summed E-state index contributed by atoms with van der Waals surface area (Å²) in [5.41, 5.74) is 0. The molecule has 540 valence electrons. The summed E-state index contributed by atoms with van der Waals surface area (Å²) in [6, 6.07) is 0. The molecule has 17 nitrogen and oxygen atoms in total. The lowest BCUT2D eigenvalue weighted by molar-refractivity contribution is -0.161. The van der Waals surface area contributed by atoms with Gasteiger partial charge in [-0.3, -0.25) is 37.3 Å². The third kappa shape index (κ3) is 65.1. The highest BCUT2D eigenvalue weighted by atomic mass is 31.2. The predicted octanol–water partition coefficient (Wildman–Crippen LogP) is 20.6. The minimum absolute atomic E-state index is 0.101. The highest BCUT2D eigenvalue weighted by Gasteiger charge is 2.30. The summed E-state index contributed by atoms with van der Waals surface area (Å²) in [7, 11) is -9.89. The SMILES string of the molecule is CCCCCCCC(=O)OC[C@H](COP(=O)(O)OC[C@H](O)COP(=O)(O)OC[C@@H](COC(=O)CCCCCCCCCCCCCCCCC(C)CC)OC(=O)CCCCCCCCCCCCCCCCCCC(C)C)OC(=O)CCCCCCCCC(C)C. The first kappa shape index (κ1) is 89.1. The molecule has 0 saturated heterocycles. The summed E-state index contributed by atoms with van der Waals surface area (Å²) in [4.78, 5) is 72.3. The van der Waals surface area contributed by atoms with Gasteiger partial charge in [0.05, 0.1) is 26.4 Å². The van der Waals surface area contributed by atoms with Crippen molar-refractivity contribution in [2.24, 2.45) is 17.8 Å². The molecule has 0 aromatic heterocycles. The molecule has 0 bridgehead atoms. The van der Waals surface area contributed by atoms with Crippen molar-refractivity contribution in [3.05, 3.63) is 0 Å². The molecule has 0 saturated carbocycles. The van der Waals surface area contributed by atoms with E-state index in [4.69, 9.17) is 37.0 Å². The molecule has 0 aliphatic heterocycles. The van der Waals surface area contributed by atoms with E-state index in [2.05, 4.69) is 48.5 Å². The van der Waals surface area contributed by atoms with Crippen LogP contribution in [0.15, 0.2) is 0 Å². The van der Waals surface area contributed by atoms with E-state index < -0.39 is 97.5 Å². The van der Waals surface area contributed by atoms with E-state index in [-0.39, 0.29) is 25.7 Å². The van der Waals surface area contributed by atoms with Crippen molar-refractivity contribution in [2.45, 2.75) is 381 Å². The number of phosphoric ester groups is 2. The maximum Gasteiger partial charge on any atom is 0.472 e. The fourth-order valence-electron chi connectivity index (χ4n) is 10.9. The molecule has 6 atom stereocenters. The lowest BCUT2D eigenvalue weighted by Crippen LogP contribution is -2.30. The molecule has 0 heterocycles. The second-order valence-corrected chi connectivity index (χ2v) is 30.1. The summed E-state index contributed by atoms with van der Waals surface area (Å²) in [6.45, 7) is 11.8. The summed E-state index contributed by atoms with van der Waals surface area (Å²) in [5, 5.41) is 10.6. The number of phosphoric acid groups is 2. The Morgan fingerprint density at radius 3 is 0.835 bits per heavy atom. The van der Waals surface area contributed by atoms with Crippen LogP contribution in [-0.2, 0) is 65.4 Å². The Morgan fingerprint density at radius 2 is 0.560 bits per heavy atom. The van der Waals surface area contributed by atoms with E-state index in [9.17, 15) is 43.2 Å². The molecule has 0 aromatic rings. The number of aliphatic hydroxyl groups excluding tert-OH is 1. The molecule has 0 fully saturated rings. The van der Waals surface area contributed by atoms with Crippen molar-refractivity contribution in [1.29, 1.82) is 0 Å². The first-order valence-electron chi connectivity index (χ1n) is 37.4. The number of aliphatic hydroxyl groups is 1. The Kier molecular flexibility index (Phi) is 61.5. The first-order chi connectivity index (χ1) is 43.8. The van der Waals surface area contributed by atoms with Gasteiger partial charge in [0.25, 0.3) is 0 Å². The van der Waals surface area contributed by atoms with Crippen molar-refractivity contribution in [3.63, 3.8) is 0 Å². The number of carbonyl (C=O) groups is 4. The minimum Gasteiger partial charge on any atom is -0.462 e. The van der Waals surface area contributed by atoms with Gasteiger partial charge in [0.2, 0.25) is 0 Å². The highest BCUT2D eigenvalue weighted by Crippen LogP contribution is 2.45. The molecular weight excluding hydrogens is 1200 g/mol. The average Bonchev–Trinajstić information content (AvgIpc) is 3.29. The van der Waals surface area contributed by atoms with Crippen LogP contribution in [0.2, 0.25) is 0 Å². The van der Waals surface area contributed by atoms with Crippen molar-refractivity contribution in [1.82, 2.24) is 0 Å². The maximum absolute atomic E-state index is 13.1. The van der Waals surface area contributed by atoms with Gasteiger partial charge in [-0.15, -0.1) is 0 Å². The Bertz CT molecular complexity index is 1790. The summed E-state index contributed by atoms with van der Waals surface area (Å²) in [6.07, 6.45) is 47.8. The molecule has 0 aromatic carbocycles. The van der Waals surface area contributed by atoms with Crippen molar-refractivity contribution in [2.75, 3.05) is 39.6 Å². The van der Waals surface area contributed by atoms with Crippen molar-refractivity contribution >= 4 is 39.5 Å². The second-order valence-electron chi connectivity index (χ2n) is 27.2. The lowest BCUT2D eigenvalue weighted by Gasteiger charge is -2.21. The zero-order valence-electron chi connectivity index (χ0n) is 59.3. The smallest absolute Gasteiger partial charge is 0.462 e. The fourth-order valence-corrected chi connectivity index (χ4v) is 12.4. The van der Waals surface area contributed by atoms with Crippen LogP contribution >= 0.6 is 15.6 Å². The molecule has 0 spiro atoms. The Labute approximate surface area is 556 Å². The normalized spacial score (nSPS) is 14.5. The maximum atomic E-state index is 13.1. The molecule has 0 aliphatic carbocycles. The molecule has 3 N–H and O–H groups in total. The highest BCUT2D eigenvalue weighted by molar-refractivity contribution is 7.47. The third-order valence-corrected chi connectivity index (χ3v) is 18.9. The largest absolute Gasteiger partial charge is 0.472 e. The van der Waals surface area contributed by atoms with E-state index in [1.54, 1.807) is 0 Å². The quantitative estimate of drug-likeness (QED) is 0.0222. The van der Waals surface area contributed by atoms with Gasteiger partial charge in [-0.2, -0.15) is 0 Å². The van der Waals surface area contributed by atoms with E-state index in [0.717, 1.165) is 108 Å². The predicted molar refractivity (Wildman–Crippen MR) is 368 cm³/mol. The zero-order valence-corrected chi connectivity index (χ0v) is 61.1. The zero-order chi connectivity index (χ0) is 67.3. The van der Waals surface area contributed by atoms with Gasteiger partial charge < -0.3 is 33.8 Å². The van der Waals surface area contributed by atoms with Crippen LogP contribution in [0.5, 0.6) is 0 Å². The van der Waals surface area contributed by atoms with Gasteiger partial charge in [0.1, 0.15) is 19.3 Å². The topological polar surface area (TPSA) is 237 Å². The van der Waals surface area contributed by atoms with Gasteiger partial charge in [-0.05, 0) is 43.4 Å². The van der Waals surface area contributed by atoms with E-state index in [1.165, 1.54) is 167 Å². The number of hydrogen-bond donors (Lipinski definition) is 3. The number of ether oxygens (including phenoxy) is 4. The van der Waals surface area contributed by atoms with Crippen LogP contribution in [0, 0.1) is 17.8 Å². The van der Waals surface area contributed by atoms with E-state index in [1.807, 2.05) is 0 Å². The summed E-state index contributed by atoms with van der Waals surface area (Å²) >= 11 is 0. The number of hydrogen-bond acceptors (Lipinski definition) is 15. The van der Waals surface area contributed by atoms with Gasteiger partial charge >= 0.3 is 39.5 Å². The molecule has 0 aliphatic rings. The van der Waals surface area contributed by atoms with Crippen LogP contribution in [0.1, 0.15) is 363 Å². The molecule has 91 heavy (non-hydrogen) atoms. The number of unbranched alkanes of at least 4 members (excludes halogenated alkanes) is 37. The van der Waals surface area contributed by atoms with Crippen LogP contribution in [0.3, 0.4) is 0 Å². The fraction of sp³-hybridized carbons (Fsp3) is 0.944. The van der Waals surface area contributed by atoms with Crippen LogP contribution in [-0.4, -0.2) is 96.7 Å². The summed E-state index contributed by atoms with van der Waals surface area (Å²) < 4.78 is 68.1. The molecular formula is C72H140O17P2. The summed E-state index contributed by atoms with van der Waals surface area (Å²) in [5.74, 6) is 0.190. The molecule has 19 heteroatoms. The molecule has 0 radical (unpaired) electrons. The average molecular weight is 1340 g/mol. The lowest BCUT2D eigenvalue weighted by atomic mass is 9.99. The molecule has 3 unspecified atom stereocenters. The second kappa shape index (κ2) is 62.8. The number of rotatable bonds is 70. The standard InChI is InChI=1S/C72H140O17P2/c1-8-10-11-36-46-53-69(74)82-59-67(89-72(77)56-49-42-35-34-38-44-51-64(5)6)61-86-90(78,79)84-57-66(73)58-85-91(80,81)87-62-68(60-83-70(75)54-47-40-32-28-24-20-17-16-19-23-27-31-39-45-52-65(7)9-2)88-71(76)55-48-41-33-29-25-21-15-13-12-14-18-22-26-30-37-43-50-63(3)4/h63-68,73H,8-62H2,1-7H3,(H,78,79)(H,80,81)/t65?,66-,67+,68+/m0/s1. The molecule has 0 amide bonds.